The van der Waals surface area contributed by atoms with Gasteiger partial charge in [0, 0.05) is 24.5 Å². The molecule has 0 saturated heterocycles. The number of fused-ring (bicyclic) bond motifs is 1. The van der Waals surface area contributed by atoms with Gasteiger partial charge >= 0.3 is 0 Å². The van der Waals surface area contributed by atoms with Crippen LogP contribution in [0.15, 0.2) is 24.5 Å². The second kappa shape index (κ2) is 3.68. The van der Waals surface area contributed by atoms with Crippen LogP contribution in [-0.2, 0) is 6.54 Å². The summed E-state index contributed by atoms with van der Waals surface area (Å²) in [4.78, 5) is 8.48. The maximum atomic E-state index is 6.00. The van der Waals surface area contributed by atoms with Crippen LogP contribution in [0.1, 0.15) is 24.7 Å². The number of nitrogens with zero attached hydrogens (tertiary/aromatic N) is 4. The van der Waals surface area contributed by atoms with Gasteiger partial charge in [-0.15, -0.1) is 0 Å². The first-order valence-corrected chi connectivity index (χ1v) is 5.45. The fraction of sp³-hybridized carbons (Fsp3) is 0.364. The first kappa shape index (κ1) is 9.47. The lowest BCUT2D eigenvalue weighted by molar-refractivity contribution is 0.422. The van der Waals surface area contributed by atoms with Gasteiger partial charge in [0.15, 0.2) is 5.82 Å². The predicted molar refractivity (Wildman–Crippen MR) is 59.4 cm³/mol. The molecule has 0 saturated carbocycles. The highest BCUT2D eigenvalue weighted by Crippen LogP contribution is 2.23. The SMILES string of the molecule is N[C@H]1CCCn2nc(-c3ccncc3)nc21. The molecule has 5 heteroatoms. The zero-order valence-corrected chi connectivity index (χ0v) is 8.87. The highest BCUT2D eigenvalue weighted by molar-refractivity contribution is 5.53. The molecule has 82 valence electrons. The highest BCUT2D eigenvalue weighted by Gasteiger charge is 2.21. The first-order chi connectivity index (χ1) is 7.84. The Morgan fingerprint density at radius 2 is 2.12 bits per heavy atom. The van der Waals surface area contributed by atoms with Crippen LogP contribution in [0.3, 0.4) is 0 Å². The first-order valence-electron chi connectivity index (χ1n) is 5.45. The molecule has 0 fully saturated rings. The number of aromatic nitrogens is 4. The molecule has 0 bridgehead atoms. The van der Waals surface area contributed by atoms with E-state index in [4.69, 9.17) is 5.73 Å². The van der Waals surface area contributed by atoms with Crippen LogP contribution in [0.5, 0.6) is 0 Å². The molecule has 3 rings (SSSR count). The molecule has 0 aromatic carbocycles. The Bertz CT molecular complexity index is 490. The van der Waals surface area contributed by atoms with Gasteiger partial charge in [-0.05, 0) is 25.0 Å². The van der Waals surface area contributed by atoms with Crippen molar-refractivity contribution in [1.29, 1.82) is 0 Å². The minimum atomic E-state index is 0.0248. The Morgan fingerprint density at radius 3 is 2.88 bits per heavy atom. The minimum Gasteiger partial charge on any atom is -0.321 e. The number of rotatable bonds is 1. The fourth-order valence-corrected chi connectivity index (χ4v) is 2.01. The molecule has 0 spiro atoms. The van der Waals surface area contributed by atoms with E-state index in [2.05, 4.69) is 15.1 Å². The molecule has 1 atom stereocenters. The van der Waals surface area contributed by atoms with E-state index in [0.717, 1.165) is 36.6 Å². The maximum Gasteiger partial charge on any atom is 0.181 e. The summed E-state index contributed by atoms with van der Waals surface area (Å²) in [7, 11) is 0. The average Bonchev–Trinajstić information content (AvgIpc) is 2.76. The lowest BCUT2D eigenvalue weighted by Gasteiger charge is -2.17. The summed E-state index contributed by atoms with van der Waals surface area (Å²) in [6, 6.07) is 3.84. The molecular formula is C11H13N5. The van der Waals surface area contributed by atoms with Gasteiger partial charge in [0.1, 0.15) is 5.82 Å². The molecule has 2 N–H and O–H groups in total. The van der Waals surface area contributed by atoms with Crippen molar-refractivity contribution in [2.75, 3.05) is 0 Å². The number of nitrogens with two attached hydrogens (primary N) is 1. The van der Waals surface area contributed by atoms with Gasteiger partial charge < -0.3 is 5.73 Å². The van der Waals surface area contributed by atoms with Gasteiger partial charge in [-0.2, -0.15) is 5.10 Å². The molecule has 1 aliphatic heterocycles. The zero-order chi connectivity index (χ0) is 11.0. The molecule has 0 amide bonds. The van der Waals surface area contributed by atoms with Crippen LogP contribution < -0.4 is 5.73 Å². The lowest BCUT2D eigenvalue weighted by Crippen LogP contribution is -2.22. The van der Waals surface area contributed by atoms with Crippen LogP contribution in [0, 0.1) is 0 Å². The van der Waals surface area contributed by atoms with Gasteiger partial charge in [-0.3, -0.25) is 4.98 Å². The quantitative estimate of drug-likeness (QED) is 0.774. The molecule has 0 aliphatic carbocycles. The van der Waals surface area contributed by atoms with Crippen LogP contribution in [-0.4, -0.2) is 19.7 Å². The second-order valence-corrected chi connectivity index (χ2v) is 4.00. The number of pyridine rings is 1. The second-order valence-electron chi connectivity index (χ2n) is 4.00. The molecule has 0 unspecified atom stereocenters. The molecule has 3 heterocycles. The number of hydrogen-bond acceptors (Lipinski definition) is 4. The summed E-state index contributed by atoms with van der Waals surface area (Å²) in [5, 5.41) is 4.47. The molecule has 5 nitrogen and oxygen atoms in total. The monoisotopic (exact) mass is 215 g/mol. The summed E-state index contributed by atoms with van der Waals surface area (Å²) in [6.07, 6.45) is 5.56. The largest absolute Gasteiger partial charge is 0.321 e. The third-order valence-corrected chi connectivity index (χ3v) is 2.86. The van der Waals surface area contributed by atoms with Crippen molar-refractivity contribution in [3.8, 4) is 11.4 Å². The zero-order valence-electron chi connectivity index (χ0n) is 8.87. The molecular weight excluding hydrogens is 202 g/mol. The van der Waals surface area contributed by atoms with Crippen LogP contribution in [0.2, 0.25) is 0 Å². The van der Waals surface area contributed by atoms with Gasteiger partial charge in [0.25, 0.3) is 0 Å². The number of aryl methyl sites for hydroxylation is 1. The summed E-state index contributed by atoms with van der Waals surface area (Å²) in [6.45, 7) is 0.918. The molecule has 2 aromatic heterocycles. The Kier molecular flexibility index (Phi) is 2.18. The normalized spacial score (nSPS) is 19.4. The standard InChI is InChI=1S/C11H13N5/c12-9-2-1-7-16-11(9)14-10(15-16)8-3-5-13-6-4-8/h3-6,9H,1-2,7,12H2/t9-/m0/s1. The van der Waals surface area contributed by atoms with E-state index in [1.54, 1.807) is 12.4 Å². The van der Waals surface area contributed by atoms with E-state index >= 15 is 0 Å². The van der Waals surface area contributed by atoms with E-state index in [1.807, 2.05) is 16.8 Å². The van der Waals surface area contributed by atoms with Crippen molar-refractivity contribution >= 4 is 0 Å². The minimum absolute atomic E-state index is 0.0248. The topological polar surface area (TPSA) is 69.6 Å². The van der Waals surface area contributed by atoms with Crippen LogP contribution >= 0.6 is 0 Å². The van der Waals surface area contributed by atoms with E-state index in [9.17, 15) is 0 Å². The predicted octanol–water partition coefficient (Wildman–Crippen LogP) is 1.13. The van der Waals surface area contributed by atoms with Gasteiger partial charge in [0.2, 0.25) is 0 Å². The summed E-state index contributed by atoms with van der Waals surface area (Å²) >= 11 is 0. The summed E-state index contributed by atoms with van der Waals surface area (Å²) < 4.78 is 1.92. The van der Waals surface area contributed by atoms with E-state index in [0.29, 0.717) is 0 Å². The molecule has 2 aromatic rings. The molecule has 16 heavy (non-hydrogen) atoms. The fourth-order valence-electron chi connectivity index (χ4n) is 2.01. The highest BCUT2D eigenvalue weighted by atomic mass is 15.4. The maximum absolute atomic E-state index is 6.00. The molecule has 0 radical (unpaired) electrons. The van der Waals surface area contributed by atoms with Crippen molar-refractivity contribution in [2.24, 2.45) is 5.73 Å². The van der Waals surface area contributed by atoms with E-state index < -0.39 is 0 Å². The summed E-state index contributed by atoms with van der Waals surface area (Å²) in [5.74, 6) is 1.65. The van der Waals surface area contributed by atoms with E-state index in [-0.39, 0.29) is 6.04 Å². The third kappa shape index (κ3) is 1.49. The Balaban J connectivity index is 2.05. The smallest absolute Gasteiger partial charge is 0.181 e. The van der Waals surface area contributed by atoms with Crippen molar-refractivity contribution < 1.29 is 0 Å². The average molecular weight is 215 g/mol. The number of hydrogen-bond donors (Lipinski definition) is 1. The van der Waals surface area contributed by atoms with Crippen molar-refractivity contribution in [3.05, 3.63) is 30.4 Å². The molecule has 1 aliphatic rings. The van der Waals surface area contributed by atoms with Crippen molar-refractivity contribution in [3.63, 3.8) is 0 Å². The van der Waals surface area contributed by atoms with Crippen LogP contribution in [0.4, 0.5) is 0 Å². The van der Waals surface area contributed by atoms with Gasteiger partial charge in [-0.25, -0.2) is 9.67 Å². The van der Waals surface area contributed by atoms with Crippen molar-refractivity contribution in [2.45, 2.75) is 25.4 Å². The Hall–Kier alpha value is -1.75. The third-order valence-electron chi connectivity index (χ3n) is 2.86. The Morgan fingerprint density at radius 1 is 1.31 bits per heavy atom. The van der Waals surface area contributed by atoms with E-state index in [1.165, 1.54) is 0 Å². The van der Waals surface area contributed by atoms with Crippen LogP contribution in [0.25, 0.3) is 11.4 Å². The summed E-state index contributed by atoms with van der Waals surface area (Å²) in [5.41, 5.74) is 6.99. The lowest BCUT2D eigenvalue weighted by atomic mass is 10.1. The van der Waals surface area contributed by atoms with Gasteiger partial charge in [-0.1, -0.05) is 0 Å². The van der Waals surface area contributed by atoms with Gasteiger partial charge in [0.05, 0.1) is 6.04 Å². The Labute approximate surface area is 93.3 Å². The van der Waals surface area contributed by atoms with Crippen molar-refractivity contribution in [1.82, 2.24) is 19.7 Å².